The quantitative estimate of drug-likeness (QED) is 0.651. The monoisotopic (exact) mass is 383 g/mol. The van der Waals surface area contributed by atoms with E-state index in [1.165, 1.54) is 41.4 Å². The first-order chi connectivity index (χ1) is 12.5. The van der Waals surface area contributed by atoms with E-state index in [1.807, 2.05) is 0 Å². The molecule has 3 aromatic rings. The lowest BCUT2D eigenvalue weighted by atomic mass is 10.1. The summed E-state index contributed by atoms with van der Waals surface area (Å²) in [6.45, 7) is -0.00524. The fraction of sp³-hybridized carbons (Fsp3) is 0.200. The predicted molar refractivity (Wildman–Crippen MR) is 86.9 cm³/mol. The predicted octanol–water partition coefficient (Wildman–Crippen LogP) is 2.90. The largest absolute Gasteiger partial charge is 0.415 e. The smallest absolute Gasteiger partial charge is 0.314 e. The van der Waals surface area contributed by atoms with Crippen LogP contribution in [-0.2, 0) is 17.5 Å². The van der Waals surface area contributed by atoms with Crippen molar-refractivity contribution in [1.29, 1.82) is 0 Å². The van der Waals surface area contributed by atoms with Gasteiger partial charge in [-0.3, -0.25) is 4.31 Å². The van der Waals surface area contributed by atoms with Gasteiger partial charge in [0.25, 0.3) is 5.89 Å². The van der Waals surface area contributed by atoms with E-state index >= 15 is 0 Å². The van der Waals surface area contributed by atoms with Gasteiger partial charge in [-0.05, 0) is 12.1 Å². The summed E-state index contributed by atoms with van der Waals surface area (Å²) in [6.07, 6.45) is 2.80. The number of alkyl halides is 2. The molecule has 26 heavy (non-hydrogen) atoms. The van der Waals surface area contributed by atoms with Gasteiger partial charge in [0.2, 0.25) is 5.89 Å². The normalized spacial score (nSPS) is 12.3. The highest BCUT2D eigenvalue weighted by Crippen LogP contribution is 2.26. The van der Waals surface area contributed by atoms with Crippen LogP contribution in [0.5, 0.6) is 0 Å². The van der Waals surface area contributed by atoms with E-state index in [0.717, 1.165) is 6.07 Å². The van der Waals surface area contributed by atoms with Crippen LogP contribution in [0.15, 0.2) is 41.3 Å². The van der Waals surface area contributed by atoms with Gasteiger partial charge in [0.05, 0.1) is 24.6 Å². The van der Waals surface area contributed by atoms with Gasteiger partial charge >= 0.3 is 6.43 Å². The minimum atomic E-state index is -2.90. The van der Waals surface area contributed by atoms with Gasteiger partial charge in [-0.15, -0.1) is 10.2 Å². The van der Waals surface area contributed by atoms with Crippen LogP contribution in [0.3, 0.4) is 0 Å². The Morgan fingerprint density at radius 1 is 1.23 bits per heavy atom. The number of hydrogen-bond acceptors (Lipinski definition) is 6. The van der Waals surface area contributed by atoms with E-state index in [2.05, 4.69) is 20.2 Å². The third-order valence-electron chi connectivity index (χ3n) is 3.39. The average Bonchev–Trinajstić information content (AvgIpc) is 3.11. The highest BCUT2D eigenvalue weighted by atomic mass is 32.2. The van der Waals surface area contributed by atoms with Crippen molar-refractivity contribution >= 4 is 16.7 Å². The van der Waals surface area contributed by atoms with Crippen LogP contribution in [0.4, 0.5) is 18.9 Å². The van der Waals surface area contributed by atoms with Crippen molar-refractivity contribution < 1.29 is 21.8 Å². The van der Waals surface area contributed by atoms with Crippen molar-refractivity contribution in [3.8, 4) is 11.5 Å². The van der Waals surface area contributed by atoms with Crippen LogP contribution in [0.1, 0.15) is 17.9 Å². The molecule has 1 unspecified atom stereocenters. The van der Waals surface area contributed by atoms with Gasteiger partial charge in [-0.2, -0.15) is 8.78 Å². The standard InChI is InChI=1S/C15H12F3N5O2S/c1-26(24)23(11-5-19-8-20-6-11)7-10-3-2-9(4-12(10)16)14-21-22-15(25-14)13(17)18/h2-6,8,13H,7H2,1H3. The molecule has 2 aromatic heterocycles. The molecule has 0 spiro atoms. The molecule has 0 saturated carbocycles. The maximum Gasteiger partial charge on any atom is 0.314 e. The van der Waals surface area contributed by atoms with Gasteiger partial charge in [0.15, 0.2) is 0 Å². The summed E-state index contributed by atoms with van der Waals surface area (Å²) in [6, 6.07) is 3.98. The lowest BCUT2D eigenvalue weighted by molar-refractivity contribution is 0.116. The first-order valence-corrected chi connectivity index (χ1v) is 8.73. The molecular formula is C15H12F3N5O2S. The first kappa shape index (κ1) is 18.0. The Balaban J connectivity index is 1.86. The van der Waals surface area contributed by atoms with Crippen molar-refractivity contribution in [2.45, 2.75) is 13.0 Å². The van der Waals surface area contributed by atoms with Crippen LogP contribution < -0.4 is 4.31 Å². The summed E-state index contributed by atoms with van der Waals surface area (Å²) in [5, 5.41) is 6.68. The van der Waals surface area contributed by atoms with E-state index in [1.54, 1.807) is 0 Å². The second-order valence-electron chi connectivity index (χ2n) is 5.11. The Hall–Kier alpha value is -2.82. The molecule has 2 heterocycles. The zero-order chi connectivity index (χ0) is 18.7. The van der Waals surface area contributed by atoms with E-state index in [0.29, 0.717) is 5.69 Å². The summed E-state index contributed by atoms with van der Waals surface area (Å²) in [5.74, 6) is -1.68. The molecule has 11 heteroatoms. The lowest BCUT2D eigenvalue weighted by Crippen LogP contribution is -2.25. The molecular weight excluding hydrogens is 371 g/mol. The Bertz CT molecular complexity index is 923. The Morgan fingerprint density at radius 3 is 2.54 bits per heavy atom. The number of aromatic nitrogens is 4. The molecule has 0 saturated heterocycles. The fourth-order valence-electron chi connectivity index (χ4n) is 2.15. The van der Waals surface area contributed by atoms with Crippen molar-refractivity contribution in [3.63, 3.8) is 0 Å². The molecule has 1 atom stereocenters. The molecule has 0 bridgehead atoms. The Morgan fingerprint density at radius 2 is 1.96 bits per heavy atom. The third-order valence-corrected chi connectivity index (χ3v) is 4.35. The Labute approximate surface area is 148 Å². The van der Waals surface area contributed by atoms with Crippen LogP contribution in [0, 0.1) is 5.82 Å². The number of halogens is 3. The number of benzene rings is 1. The zero-order valence-corrected chi connectivity index (χ0v) is 14.2. The number of rotatable bonds is 6. The molecule has 136 valence electrons. The molecule has 0 N–H and O–H groups in total. The van der Waals surface area contributed by atoms with Gasteiger partial charge in [-0.25, -0.2) is 18.6 Å². The molecule has 0 amide bonds. The van der Waals surface area contributed by atoms with Gasteiger partial charge < -0.3 is 4.42 Å². The maximum atomic E-state index is 14.4. The minimum absolute atomic E-state index is 0.00524. The molecule has 7 nitrogen and oxygen atoms in total. The maximum absolute atomic E-state index is 14.4. The highest BCUT2D eigenvalue weighted by Gasteiger charge is 2.19. The van der Waals surface area contributed by atoms with Gasteiger partial charge in [0, 0.05) is 17.4 Å². The fourth-order valence-corrected chi connectivity index (χ4v) is 2.87. The van der Waals surface area contributed by atoms with Crippen molar-refractivity contribution in [1.82, 2.24) is 20.2 Å². The SMILES string of the molecule is CS(=O)N(Cc1ccc(-c2nnc(C(F)F)o2)cc1F)c1cncnc1. The van der Waals surface area contributed by atoms with Crippen molar-refractivity contribution in [2.24, 2.45) is 0 Å². The number of nitrogens with zero attached hydrogens (tertiary/aromatic N) is 5. The second-order valence-corrected chi connectivity index (χ2v) is 6.40. The molecule has 3 rings (SSSR count). The van der Waals surface area contributed by atoms with E-state index < -0.39 is 29.1 Å². The molecule has 0 aliphatic carbocycles. The zero-order valence-electron chi connectivity index (χ0n) is 13.3. The highest BCUT2D eigenvalue weighted by molar-refractivity contribution is 7.85. The molecule has 1 aromatic carbocycles. The van der Waals surface area contributed by atoms with Crippen molar-refractivity contribution in [3.05, 3.63) is 54.2 Å². The summed E-state index contributed by atoms with van der Waals surface area (Å²) in [4.78, 5) is 7.70. The van der Waals surface area contributed by atoms with Crippen LogP contribution in [0.25, 0.3) is 11.5 Å². The summed E-state index contributed by atoms with van der Waals surface area (Å²) in [5.41, 5.74) is 0.870. The molecule has 0 radical (unpaired) electrons. The first-order valence-electron chi connectivity index (χ1n) is 7.22. The Kier molecular flexibility index (Phi) is 5.26. The number of anilines is 1. The summed E-state index contributed by atoms with van der Waals surface area (Å²) in [7, 11) is -1.44. The molecule has 0 fully saturated rings. The van der Waals surface area contributed by atoms with Crippen LogP contribution >= 0.6 is 0 Å². The molecule has 0 aliphatic heterocycles. The van der Waals surface area contributed by atoms with E-state index in [-0.39, 0.29) is 23.6 Å². The van der Waals surface area contributed by atoms with E-state index in [4.69, 9.17) is 4.42 Å². The summed E-state index contributed by atoms with van der Waals surface area (Å²) < 4.78 is 57.6. The van der Waals surface area contributed by atoms with Gasteiger partial charge in [-0.1, -0.05) is 6.07 Å². The number of hydrogen-bond donors (Lipinski definition) is 0. The minimum Gasteiger partial charge on any atom is -0.415 e. The lowest BCUT2D eigenvalue weighted by Gasteiger charge is -2.21. The van der Waals surface area contributed by atoms with Crippen LogP contribution in [0.2, 0.25) is 0 Å². The topological polar surface area (TPSA) is 85.0 Å². The third kappa shape index (κ3) is 3.87. The summed E-state index contributed by atoms with van der Waals surface area (Å²) >= 11 is 0. The second kappa shape index (κ2) is 7.60. The van der Waals surface area contributed by atoms with Crippen molar-refractivity contribution in [2.75, 3.05) is 10.6 Å². The van der Waals surface area contributed by atoms with E-state index in [9.17, 15) is 17.4 Å². The van der Waals surface area contributed by atoms with Gasteiger partial charge in [0.1, 0.15) is 23.1 Å². The van der Waals surface area contributed by atoms with Crippen LogP contribution in [-0.4, -0.2) is 30.6 Å². The molecule has 0 aliphatic rings. The average molecular weight is 383 g/mol.